The largest absolute Gasteiger partial charge is 0.386 e. The van der Waals surface area contributed by atoms with Gasteiger partial charge < -0.3 is 10.0 Å². The van der Waals surface area contributed by atoms with Gasteiger partial charge in [0.05, 0.1) is 31.0 Å². The van der Waals surface area contributed by atoms with Gasteiger partial charge in [-0.2, -0.15) is 5.10 Å². The first-order valence-corrected chi connectivity index (χ1v) is 8.33. The van der Waals surface area contributed by atoms with Crippen molar-refractivity contribution in [2.45, 2.75) is 45.4 Å². The van der Waals surface area contributed by atoms with Gasteiger partial charge in [0.25, 0.3) is 5.91 Å². The normalized spacial score (nSPS) is 21.4. The first kappa shape index (κ1) is 16.6. The summed E-state index contributed by atoms with van der Waals surface area (Å²) in [5.41, 5.74) is -0.407. The van der Waals surface area contributed by atoms with E-state index in [-0.39, 0.29) is 5.91 Å². The minimum atomic E-state index is -0.977. The molecule has 130 valence electrons. The first-order valence-electron chi connectivity index (χ1n) is 8.33. The summed E-state index contributed by atoms with van der Waals surface area (Å²) < 4.78 is 3.40. The molecule has 24 heavy (non-hydrogen) atoms. The van der Waals surface area contributed by atoms with Crippen LogP contribution in [0.1, 0.15) is 37.0 Å². The van der Waals surface area contributed by atoms with Gasteiger partial charge in [-0.15, -0.1) is 5.10 Å². The lowest BCUT2D eigenvalue weighted by atomic mass is 9.92. The summed E-state index contributed by atoms with van der Waals surface area (Å²) in [6, 6.07) is 0. The molecule has 3 rings (SSSR count). The van der Waals surface area contributed by atoms with Gasteiger partial charge in [-0.3, -0.25) is 9.48 Å². The Morgan fingerprint density at radius 3 is 2.96 bits per heavy atom. The molecular weight excluding hydrogens is 308 g/mol. The quantitative estimate of drug-likeness (QED) is 0.875. The molecule has 1 saturated heterocycles. The Hall–Kier alpha value is -2.22. The summed E-state index contributed by atoms with van der Waals surface area (Å²) in [5.74, 6) is 0.386. The minimum absolute atomic E-state index is 0.0817. The lowest BCUT2D eigenvalue weighted by Gasteiger charge is -2.38. The molecule has 1 atom stereocenters. The molecule has 8 nitrogen and oxygen atoms in total. The molecule has 2 aromatic rings. The number of aromatic nitrogens is 5. The van der Waals surface area contributed by atoms with Crippen LogP contribution in [0.4, 0.5) is 0 Å². The van der Waals surface area contributed by atoms with E-state index in [9.17, 15) is 9.90 Å². The smallest absolute Gasteiger partial charge is 0.257 e. The van der Waals surface area contributed by atoms with Gasteiger partial charge in [-0.25, -0.2) is 4.68 Å². The van der Waals surface area contributed by atoms with E-state index in [0.29, 0.717) is 37.5 Å². The van der Waals surface area contributed by atoms with Crippen LogP contribution in [0.5, 0.6) is 0 Å². The number of aliphatic hydroxyl groups is 1. The van der Waals surface area contributed by atoms with Crippen molar-refractivity contribution in [3.63, 3.8) is 0 Å². The number of amides is 1. The topological polar surface area (TPSA) is 89.1 Å². The van der Waals surface area contributed by atoms with E-state index < -0.39 is 5.60 Å². The fourth-order valence-corrected chi connectivity index (χ4v) is 3.16. The average molecular weight is 332 g/mol. The molecule has 3 heterocycles. The monoisotopic (exact) mass is 332 g/mol. The van der Waals surface area contributed by atoms with Crippen LogP contribution in [0.25, 0.3) is 0 Å². The highest BCUT2D eigenvalue weighted by molar-refractivity contribution is 5.93. The van der Waals surface area contributed by atoms with Crippen LogP contribution in [0.15, 0.2) is 24.8 Å². The maximum Gasteiger partial charge on any atom is 0.257 e. The van der Waals surface area contributed by atoms with E-state index in [1.807, 2.05) is 0 Å². The van der Waals surface area contributed by atoms with Crippen LogP contribution in [0.2, 0.25) is 0 Å². The van der Waals surface area contributed by atoms with Crippen molar-refractivity contribution in [2.75, 3.05) is 13.1 Å². The summed E-state index contributed by atoms with van der Waals surface area (Å²) in [6.07, 6.45) is 8.09. The Morgan fingerprint density at radius 1 is 1.42 bits per heavy atom. The average Bonchev–Trinajstić information content (AvgIpc) is 3.17. The molecule has 1 N–H and O–H groups in total. The molecule has 8 heteroatoms. The van der Waals surface area contributed by atoms with Crippen LogP contribution < -0.4 is 0 Å². The van der Waals surface area contributed by atoms with Crippen LogP contribution in [0, 0.1) is 5.92 Å². The van der Waals surface area contributed by atoms with Crippen molar-refractivity contribution in [1.82, 2.24) is 29.7 Å². The summed E-state index contributed by atoms with van der Waals surface area (Å²) in [4.78, 5) is 14.4. The predicted octanol–water partition coefficient (Wildman–Crippen LogP) is 0.798. The number of β-amino-alcohol motifs (C(OH)–C–C–N with tert-alkyl or cyclic N) is 1. The third-order valence-corrected chi connectivity index (χ3v) is 4.20. The van der Waals surface area contributed by atoms with Gasteiger partial charge >= 0.3 is 0 Å². The van der Waals surface area contributed by atoms with E-state index in [2.05, 4.69) is 29.3 Å². The number of nitrogens with zero attached hydrogens (tertiary/aromatic N) is 6. The predicted molar refractivity (Wildman–Crippen MR) is 87.2 cm³/mol. The summed E-state index contributed by atoms with van der Waals surface area (Å²) in [7, 11) is 0. The molecule has 0 bridgehead atoms. The second-order valence-electron chi connectivity index (χ2n) is 7.00. The highest BCUT2D eigenvalue weighted by Crippen LogP contribution is 2.24. The Labute approximate surface area is 141 Å². The van der Waals surface area contributed by atoms with Crippen molar-refractivity contribution in [1.29, 1.82) is 0 Å². The Kier molecular flexibility index (Phi) is 4.66. The molecule has 2 aromatic heterocycles. The third kappa shape index (κ3) is 3.81. The van der Waals surface area contributed by atoms with Crippen LogP contribution in [-0.4, -0.2) is 59.4 Å². The van der Waals surface area contributed by atoms with Gasteiger partial charge in [-0.05, 0) is 18.8 Å². The lowest BCUT2D eigenvalue weighted by molar-refractivity contribution is -0.0387. The fraction of sp³-hybridized carbons (Fsp3) is 0.625. The van der Waals surface area contributed by atoms with Gasteiger partial charge in [0.2, 0.25) is 0 Å². The zero-order chi connectivity index (χ0) is 17.2. The van der Waals surface area contributed by atoms with Crippen molar-refractivity contribution in [3.05, 3.63) is 30.4 Å². The van der Waals surface area contributed by atoms with E-state index in [4.69, 9.17) is 0 Å². The second kappa shape index (κ2) is 6.72. The standard InChI is InChI=1S/C16H24N6O2/c1-13(2)9-22-10-14(8-18-22)15(23)20-6-3-4-16(24,11-20)12-21-7-5-17-19-21/h5,7-8,10,13,24H,3-4,6,9,11-12H2,1-2H3. The van der Waals surface area contributed by atoms with Gasteiger partial charge in [-0.1, -0.05) is 19.1 Å². The number of likely N-dealkylation sites (tertiary alicyclic amines) is 1. The van der Waals surface area contributed by atoms with Gasteiger partial charge in [0, 0.05) is 25.5 Å². The van der Waals surface area contributed by atoms with Crippen LogP contribution >= 0.6 is 0 Å². The first-order chi connectivity index (χ1) is 11.5. The fourth-order valence-electron chi connectivity index (χ4n) is 3.16. The maximum atomic E-state index is 12.7. The SMILES string of the molecule is CC(C)Cn1cc(C(=O)N2CCCC(O)(Cn3ccnn3)C2)cn1. The van der Waals surface area contributed by atoms with Gasteiger partial charge in [0.15, 0.2) is 0 Å². The van der Waals surface area contributed by atoms with E-state index >= 15 is 0 Å². The molecule has 1 amide bonds. The maximum absolute atomic E-state index is 12.7. The molecule has 0 saturated carbocycles. The zero-order valence-electron chi connectivity index (χ0n) is 14.2. The number of carbonyl (C=O) groups is 1. The highest BCUT2D eigenvalue weighted by atomic mass is 16.3. The van der Waals surface area contributed by atoms with E-state index in [1.165, 1.54) is 0 Å². The number of piperidine rings is 1. The molecule has 0 aliphatic carbocycles. The number of hydrogen-bond donors (Lipinski definition) is 1. The van der Waals surface area contributed by atoms with Gasteiger partial charge in [0.1, 0.15) is 5.60 Å². The Balaban J connectivity index is 1.67. The van der Waals surface area contributed by atoms with Crippen LogP contribution in [0.3, 0.4) is 0 Å². The van der Waals surface area contributed by atoms with E-state index in [1.54, 1.807) is 39.1 Å². The number of carbonyl (C=O) groups excluding carboxylic acids is 1. The summed E-state index contributed by atoms with van der Waals surface area (Å²) in [6.45, 7) is 6.28. The van der Waals surface area contributed by atoms with Crippen molar-refractivity contribution in [2.24, 2.45) is 5.92 Å². The highest BCUT2D eigenvalue weighted by Gasteiger charge is 2.36. The summed E-state index contributed by atoms with van der Waals surface area (Å²) in [5, 5.41) is 22.7. The molecule has 1 aliphatic rings. The molecule has 1 fully saturated rings. The van der Waals surface area contributed by atoms with Crippen molar-refractivity contribution >= 4 is 5.91 Å². The van der Waals surface area contributed by atoms with E-state index in [0.717, 1.165) is 13.0 Å². The van der Waals surface area contributed by atoms with Crippen LogP contribution in [-0.2, 0) is 13.1 Å². The second-order valence-corrected chi connectivity index (χ2v) is 7.00. The molecule has 0 aromatic carbocycles. The Morgan fingerprint density at radius 2 is 2.25 bits per heavy atom. The Bertz CT molecular complexity index is 681. The molecular formula is C16H24N6O2. The summed E-state index contributed by atoms with van der Waals surface area (Å²) >= 11 is 0. The van der Waals surface area contributed by atoms with Crippen molar-refractivity contribution in [3.8, 4) is 0 Å². The lowest BCUT2D eigenvalue weighted by Crippen LogP contribution is -2.52. The molecule has 0 spiro atoms. The number of hydrogen-bond acceptors (Lipinski definition) is 5. The molecule has 1 aliphatic heterocycles. The number of rotatable bonds is 5. The molecule has 0 radical (unpaired) electrons. The van der Waals surface area contributed by atoms with Crippen molar-refractivity contribution < 1.29 is 9.90 Å². The third-order valence-electron chi connectivity index (χ3n) is 4.20. The zero-order valence-corrected chi connectivity index (χ0v) is 14.2. The minimum Gasteiger partial charge on any atom is -0.386 e. The molecule has 1 unspecified atom stereocenters.